The van der Waals surface area contributed by atoms with Gasteiger partial charge in [-0.15, -0.1) is 22.9 Å². The average molecular weight is 161 g/mol. The van der Waals surface area contributed by atoms with Crippen LogP contribution in [0.15, 0.2) is 17.5 Å². The fourth-order valence-corrected chi connectivity index (χ4v) is 1.40. The summed E-state index contributed by atoms with van der Waals surface area (Å²) >= 11 is 7.07. The van der Waals surface area contributed by atoms with E-state index in [2.05, 4.69) is 0 Å². The lowest BCUT2D eigenvalue weighted by atomic mass is 10.4. The van der Waals surface area contributed by atoms with E-state index in [0.29, 0.717) is 0 Å². The van der Waals surface area contributed by atoms with Gasteiger partial charge in [0.1, 0.15) is 11.7 Å². The number of carbonyl (C=O) groups excluding carboxylic acids is 1. The summed E-state index contributed by atoms with van der Waals surface area (Å²) in [6.45, 7) is 0. The number of halogens is 1. The van der Waals surface area contributed by atoms with E-state index in [-0.39, 0.29) is 0 Å². The maximum Gasteiger partial charge on any atom is 0.143 e. The van der Waals surface area contributed by atoms with E-state index in [1.807, 2.05) is 17.5 Å². The molecule has 0 aromatic carbocycles. The van der Waals surface area contributed by atoms with Gasteiger partial charge in [-0.25, -0.2) is 0 Å². The van der Waals surface area contributed by atoms with Gasteiger partial charge in [0, 0.05) is 4.88 Å². The maximum atomic E-state index is 10.1. The molecule has 0 fully saturated rings. The first-order valence-corrected chi connectivity index (χ1v) is 3.79. The molecule has 9 heavy (non-hydrogen) atoms. The van der Waals surface area contributed by atoms with E-state index < -0.39 is 5.38 Å². The second kappa shape index (κ2) is 2.99. The SMILES string of the molecule is O=CC(Cl)c1cccs1. The second-order valence-electron chi connectivity index (χ2n) is 1.55. The monoisotopic (exact) mass is 160 g/mol. The summed E-state index contributed by atoms with van der Waals surface area (Å²) in [5.41, 5.74) is 0. The Morgan fingerprint density at radius 2 is 2.56 bits per heavy atom. The highest BCUT2D eigenvalue weighted by molar-refractivity contribution is 7.10. The minimum absolute atomic E-state index is 0.454. The normalized spacial score (nSPS) is 13.0. The Hall–Kier alpha value is -0.340. The molecule has 1 aromatic heterocycles. The zero-order valence-electron chi connectivity index (χ0n) is 4.58. The van der Waals surface area contributed by atoms with Crippen molar-refractivity contribution in [3.8, 4) is 0 Å². The van der Waals surface area contributed by atoms with Crippen molar-refractivity contribution >= 4 is 29.2 Å². The first-order valence-electron chi connectivity index (χ1n) is 2.47. The molecule has 0 spiro atoms. The van der Waals surface area contributed by atoms with Gasteiger partial charge in [0.25, 0.3) is 0 Å². The lowest BCUT2D eigenvalue weighted by molar-refractivity contribution is -0.107. The minimum atomic E-state index is -0.454. The molecule has 0 aliphatic rings. The smallest absolute Gasteiger partial charge is 0.143 e. The van der Waals surface area contributed by atoms with Gasteiger partial charge in [0.15, 0.2) is 0 Å². The summed E-state index contributed by atoms with van der Waals surface area (Å²) in [5, 5.41) is 1.44. The Labute approximate surface area is 62.3 Å². The van der Waals surface area contributed by atoms with Gasteiger partial charge in [0.05, 0.1) is 0 Å². The van der Waals surface area contributed by atoms with Crippen molar-refractivity contribution in [2.45, 2.75) is 5.38 Å². The summed E-state index contributed by atoms with van der Waals surface area (Å²) in [5.74, 6) is 0. The molecule has 0 aliphatic carbocycles. The highest BCUT2D eigenvalue weighted by atomic mass is 35.5. The Morgan fingerprint density at radius 3 is 3.00 bits per heavy atom. The molecule has 1 nitrogen and oxygen atoms in total. The Morgan fingerprint density at radius 1 is 1.78 bits per heavy atom. The van der Waals surface area contributed by atoms with Gasteiger partial charge in [0.2, 0.25) is 0 Å². The van der Waals surface area contributed by atoms with Crippen LogP contribution in [-0.4, -0.2) is 6.29 Å². The van der Waals surface area contributed by atoms with E-state index in [9.17, 15) is 4.79 Å². The fourth-order valence-electron chi connectivity index (χ4n) is 0.515. The van der Waals surface area contributed by atoms with Gasteiger partial charge < -0.3 is 4.79 Å². The number of alkyl halides is 1. The molecule has 48 valence electrons. The van der Waals surface area contributed by atoms with Crippen molar-refractivity contribution in [3.05, 3.63) is 22.4 Å². The van der Waals surface area contributed by atoms with E-state index in [1.54, 1.807) is 0 Å². The molecule has 0 saturated carbocycles. The number of hydrogen-bond donors (Lipinski definition) is 0. The number of thiophene rings is 1. The molecule has 1 heterocycles. The molecular weight excluding hydrogens is 156 g/mol. The third kappa shape index (κ3) is 1.53. The average Bonchev–Trinajstić information content (AvgIpc) is 2.37. The fraction of sp³-hybridized carbons (Fsp3) is 0.167. The molecule has 1 aromatic rings. The van der Waals surface area contributed by atoms with Crippen molar-refractivity contribution < 1.29 is 4.79 Å². The number of carbonyl (C=O) groups is 1. The lowest BCUT2D eigenvalue weighted by Gasteiger charge is -1.91. The van der Waals surface area contributed by atoms with Crippen LogP contribution >= 0.6 is 22.9 Å². The highest BCUT2D eigenvalue weighted by Crippen LogP contribution is 2.22. The molecule has 0 N–H and O–H groups in total. The molecule has 3 heteroatoms. The number of rotatable bonds is 2. The summed E-state index contributed by atoms with van der Waals surface area (Å²) < 4.78 is 0. The Kier molecular flexibility index (Phi) is 2.25. The van der Waals surface area contributed by atoms with Crippen molar-refractivity contribution in [2.75, 3.05) is 0 Å². The van der Waals surface area contributed by atoms with Crippen LogP contribution in [0.2, 0.25) is 0 Å². The van der Waals surface area contributed by atoms with Crippen LogP contribution in [-0.2, 0) is 4.79 Å². The van der Waals surface area contributed by atoms with Gasteiger partial charge in [-0.3, -0.25) is 0 Å². The molecular formula is C6H5ClOS. The van der Waals surface area contributed by atoms with Crippen LogP contribution in [0.4, 0.5) is 0 Å². The summed E-state index contributed by atoms with van der Waals surface area (Å²) in [4.78, 5) is 11.0. The van der Waals surface area contributed by atoms with Crippen LogP contribution in [0, 0.1) is 0 Å². The third-order valence-electron chi connectivity index (χ3n) is 0.934. The van der Waals surface area contributed by atoms with Crippen LogP contribution < -0.4 is 0 Å². The van der Waals surface area contributed by atoms with Gasteiger partial charge in [-0.05, 0) is 11.4 Å². The first kappa shape index (κ1) is 6.78. The standard InChI is InChI=1S/C6H5ClOS/c7-5(4-8)6-2-1-3-9-6/h1-5H. The van der Waals surface area contributed by atoms with Crippen LogP contribution in [0.5, 0.6) is 0 Å². The summed E-state index contributed by atoms with van der Waals surface area (Å²) in [7, 11) is 0. The van der Waals surface area contributed by atoms with Crippen LogP contribution in [0.1, 0.15) is 10.3 Å². The predicted molar refractivity (Wildman–Crippen MR) is 39.0 cm³/mol. The molecule has 1 atom stereocenters. The van der Waals surface area contributed by atoms with Crippen molar-refractivity contribution in [1.82, 2.24) is 0 Å². The zero-order valence-corrected chi connectivity index (χ0v) is 6.15. The van der Waals surface area contributed by atoms with Crippen molar-refractivity contribution in [3.63, 3.8) is 0 Å². The highest BCUT2D eigenvalue weighted by Gasteiger charge is 2.04. The number of hydrogen-bond acceptors (Lipinski definition) is 2. The van der Waals surface area contributed by atoms with Crippen molar-refractivity contribution in [1.29, 1.82) is 0 Å². The third-order valence-corrected chi connectivity index (χ3v) is 2.36. The molecule has 0 radical (unpaired) electrons. The second-order valence-corrected chi connectivity index (χ2v) is 3.00. The Balaban J connectivity index is 2.76. The molecule has 0 saturated heterocycles. The molecule has 0 aliphatic heterocycles. The maximum absolute atomic E-state index is 10.1. The topological polar surface area (TPSA) is 17.1 Å². The zero-order chi connectivity index (χ0) is 6.69. The van der Waals surface area contributed by atoms with E-state index in [4.69, 9.17) is 11.6 Å². The van der Waals surface area contributed by atoms with E-state index >= 15 is 0 Å². The molecule has 0 amide bonds. The van der Waals surface area contributed by atoms with Crippen LogP contribution in [0.25, 0.3) is 0 Å². The summed E-state index contributed by atoms with van der Waals surface area (Å²) in [6, 6.07) is 3.72. The van der Waals surface area contributed by atoms with E-state index in [1.165, 1.54) is 11.3 Å². The van der Waals surface area contributed by atoms with Crippen molar-refractivity contribution in [2.24, 2.45) is 0 Å². The van der Waals surface area contributed by atoms with Gasteiger partial charge in [-0.2, -0.15) is 0 Å². The largest absolute Gasteiger partial charge is 0.301 e. The van der Waals surface area contributed by atoms with Crippen LogP contribution in [0.3, 0.4) is 0 Å². The van der Waals surface area contributed by atoms with Gasteiger partial charge >= 0.3 is 0 Å². The lowest BCUT2D eigenvalue weighted by Crippen LogP contribution is -1.84. The first-order chi connectivity index (χ1) is 4.34. The minimum Gasteiger partial charge on any atom is -0.301 e. The predicted octanol–water partition coefficient (Wildman–Crippen LogP) is 2.23. The molecule has 0 bridgehead atoms. The van der Waals surface area contributed by atoms with E-state index in [0.717, 1.165) is 11.2 Å². The number of aldehydes is 1. The molecule has 1 rings (SSSR count). The molecule has 1 unspecified atom stereocenters. The van der Waals surface area contributed by atoms with Gasteiger partial charge in [-0.1, -0.05) is 6.07 Å². The quantitative estimate of drug-likeness (QED) is 0.479. The Bertz CT molecular complexity index is 183. The summed E-state index contributed by atoms with van der Waals surface area (Å²) in [6.07, 6.45) is 0.730.